The van der Waals surface area contributed by atoms with E-state index in [0.29, 0.717) is 12.1 Å². The molecule has 0 radical (unpaired) electrons. The van der Waals surface area contributed by atoms with Crippen molar-refractivity contribution < 1.29 is 9.53 Å². The van der Waals surface area contributed by atoms with E-state index in [9.17, 15) is 4.79 Å². The summed E-state index contributed by atoms with van der Waals surface area (Å²) in [4.78, 5) is 14.0. The van der Waals surface area contributed by atoms with Gasteiger partial charge in [0.1, 0.15) is 5.38 Å². The highest BCUT2D eigenvalue weighted by Crippen LogP contribution is 2.32. The van der Waals surface area contributed by atoms with Gasteiger partial charge in [-0.15, -0.1) is 11.6 Å². The van der Waals surface area contributed by atoms with Crippen molar-refractivity contribution in [2.45, 2.75) is 50.1 Å². The lowest BCUT2D eigenvalue weighted by atomic mass is 10.1. The van der Waals surface area contributed by atoms with Gasteiger partial charge >= 0.3 is 0 Å². The molecule has 0 aromatic heterocycles. The van der Waals surface area contributed by atoms with E-state index in [1.54, 1.807) is 6.92 Å². The number of carbonyl (C=O) groups is 1. The smallest absolute Gasteiger partial charge is 0.240 e. The van der Waals surface area contributed by atoms with E-state index >= 15 is 0 Å². The van der Waals surface area contributed by atoms with Crippen molar-refractivity contribution in [2.75, 3.05) is 13.2 Å². The van der Waals surface area contributed by atoms with Crippen molar-refractivity contribution in [2.24, 2.45) is 0 Å². The molecule has 0 aromatic carbocycles. The Morgan fingerprint density at radius 2 is 1.80 bits per heavy atom. The van der Waals surface area contributed by atoms with Gasteiger partial charge in [0.15, 0.2) is 0 Å². The van der Waals surface area contributed by atoms with Gasteiger partial charge in [0.25, 0.3) is 0 Å². The molecular formula is C11H18ClNO2. The van der Waals surface area contributed by atoms with Gasteiger partial charge in [-0.25, -0.2) is 0 Å². The van der Waals surface area contributed by atoms with E-state index in [1.165, 1.54) is 0 Å². The van der Waals surface area contributed by atoms with Crippen LogP contribution in [0.1, 0.15) is 32.6 Å². The van der Waals surface area contributed by atoms with Gasteiger partial charge in [-0.05, 0) is 32.6 Å². The normalized spacial score (nSPS) is 24.9. The highest BCUT2D eigenvalue weighted by molar-refractivity contribution is 6.30. The second-order valence-corrected chi connectivity index (χ2v) is 5.09. The quantitative estimate of drug-likeness (QED) is 0.693. The van der Waals surface area contributed by atoms with Crippen LogP contribution in [0.25, 0.3) is 0 Å². The molecule has 15 heavy (non-hydrogen) atoms. The lowest BCUT2D eigenvalue weighted by Crippen LogP contribution is -2.47. The van der Waals surface area contributed by atoms with Crippen LogP contribution < -0.4 is 0 Å². The fourth-order valence-electron chi connectivity index (χ4n) is 2.18. The third-order valence-electron chi connectivity index (χ3n) is 3.12. The molecule has 2 fully saturated rings. The summed E-state index contributed by atoms with van der Waals surface area (Å²) in [5, 5.41) is -0.395. The third-order valence-corrected chi connectivity index (χ3v) is 3.31. The molecule has 2 aliphatic rings. The van der Waals surface area contributed by atoms with Crippen LogP contribution in [0.4, 0.5) is 0 Å². The van der Waals surface area contributed by atoms with Gasteiger partial charge in [0.2, 0.25) is 5.91 Å². The first-order valence-electron chi connectivity index (χ1n) is 5.74. The van der Waals surface area contributed by atoms with Crippen LogP contribution in [-0.4, -0.2) is 41.5 Å². The Balaban J connectivity index is 2.01. The maximum atomic E-state index is 12.0. The number of alkyl halides is 1. The number of rotatable bonds is 3. The van der Waals surface area contributed by atoms with E-state index in [-0.39, 0.29) is 5.91 Å². The summed E-state index contributed by atoms with van der Waals surface area (Å²) >= 11 is 5.89. The van der Waals surface area contributed by atoms with Crippen molar-refractivity contribution in [3.05, 3.63) is 0 Å². The van der Waals surface area contributed by atoms with E-state index < -0.39 is 5.38 Å². The molecule has 1 atom stereocenters. The number of hydrogen-bond donors (Lipinski definition) is 0. The van der Waals surface area contributed by atoms with Crippen molar-refractivity contribution in [1.82, 2.24) is 4.90 Å². The Bertz CT molecular complexity index is 235. The third kappa shape index (κ3) is 2.64. The summed E-state index contributed by atoms with van der Waals surface area (Å²) in [5.41, 5.74) is 0. The Morgan fingerprint density at radius 3 is 2.27 bits per heavy atom. The van der Waals surface area contributed by atoms with Crippen molar-refractivity contribution >= 4 is 17.5 Å². The molecule has 1 amide bonds. The minimum Gasteiger partial charge on any atom is -0.381 e. The predicted octanol–water partition coefficient (Wildman–Crippen LogP) is 1.78. The molecule has 1 saturated carbocycles. The monoisotopic (exact) mass is 231 g/mol. The van der Waals surface area contributed by atoms with Crippen LogP contribution in [0.3, 0.4) is 0 Å². The summed E-state index contributed by atoms with van der Waals surface area (Å²) < 4.78 is 5.32. The summed E-state index contributed by atoms with van der Waals surface area (Å²) in [7, 11) is 0. The van der Waals surface area contributed by atoms with Crippen molar-refractivity contribution in [3.8, 4) is 0 Å². The van der Waals surface area contributed by atoms with E-state index in [4.69, 9.17) is 16.3 Å². The minimum absolute atomic E-state index is 0.103. The fourth-order valence-corrected chi connectivity index (χ4v) is 2.29. The van der Waals surface area contributed by atoms with Crippen molar-refractivity contribution in [1.29, 1.82) is 0 Å². The largest absolute Gasteiger partial charge is 0.381 e. The fraction of sp³-hybridized carbons (Fsp3) is 0.909. The first-order valence-corrected chi connectivity index (χ1v) is 6.18. The van der Waals surface area contributed by atoms with Crippen LogP contribution in [0, 0.1) is 0 Å². The molecule has 2 rings (SSSR count). The topological polar surface area (TPSA) is 29.5 Å². The lowest BCUT2D eigenvalue weighted by Gasteiger charge is -2.35. The molecule has 1 unspecified atom stereocenters. The highest BCUT2D eigenvalue weighted by atomic mass is 35.5. The highest BCUT2D eigenvalue weighted by Gasteiger charge is 2.38. The zero-order chi connectivity index (χ0) is 10.8. The first kappa shape index (κ1) is 11.2. The summed E-state index contributed by atoms with van der Waals surface area (Å²) in [6.07, 6.45) is 4.22. The molecule has 1 heterocycles. The molecule has 1 aliphatic heterocycles. The molecule has 3 nitrogen and oxygen atoms in total. The van der Waals surface area contributed by atoms with E-state index in [0.717, 1.165) is 38.9 Å². The number of nitrogens with zero attached hydrogens (tertiary/aromatic N) is 1. The van der Waals surface area contributed by atoms with Crippen molar-refractivity contribution in [3.63, 3.8) is 0 Å². The first-order chi connectivity index (χ1) is 7.20. The number of ether oxygens (including phenoxy) is 1. The molecule has 0 spiro atoms. The standard InChI is InChI=1S/C11H18ClNO2/c1-8(12)11(14)13(9-2-3-9)10-4-6-15-7-5-10/h8-10H,2-7H2,1H3. The molecule has 4 heteroatoms. The summed E-state index contributed by atoms with van der Waals surface area (Å²) in [5.74, 6) is 0.103. The minimum atomic E-state index is -0.395. The van der Waals surface area contributed by atoms with Crippen LogP contribution in [-0.2, 0) is 9.53 Å². The summed E-state index contributed by atoms with van der Waals surface area (Å²) in [6.45, 7) is 3.31. The molecule has 0 N–H and O–H groups in total. The van der Waals surface area contributed by atoms with Crippen LogP contribution in [0.2, 0.25) is 0 Å². The summed E-state index contributed by atoms with van der Waals surface area (Å²) in [6, 6.07) is 0.821. The van der Waals surface area contributed by atoms with Crippen LogP contribution >= 0.6 is 11.6 Å². The van der Waals surface area contributed by atoms with Gasteiger partial charge in [-0.1, -0.05) is 0 Å². The second kappa shape index (κ2) is 4.71. The molecular weight excluding hydrogens is 214 g/mol. The van der Waals surface area contributed by atoms with Gasteiger partial charge in [-0.2, -0.15) is 0 Å². The molecule has 0 bridgehead atoms. The van der Waals surface area contributed by atoms with Gasteiger partial charge < -0.3 is 9.64 Å². The Morgan fingerprint density at radius 1 is 1.27 bits per heavy atom. The zero-order valence-corrected chi connectivity index (χ0v) is 9.87. The molecule has 1 aliphatic carbocycles. The number of hydrogen-bond acceptors (Lipinski definition) is 2. The number of amides is 1. The van der Waals surface area contributed by atoms with Crippen LogP contribution in [0.5, 0.6) is 0 Å². The van der Waals surface area contributed by atoms with Crippen LogP contribution in [0.15, 0.2) is 0 Å². The lowest BCUT2D eigenvalue weighted by molar-refractivity contribution is -0.135. The van der Waals surface area contributed by atoms with Gasteiger partial charge in [-0.3, -0.25) is 4.79 Å². The zero-order valence-electron chi connectivity index (χ0n) is 9.12. The molecule has 86 valence electrons. The Labute approximate surface area is 95.7 Å². The maximum Gasteiger partial charge on any atom is 0.240 e. The average Bonchev–Trinajstić information content (AvgIpc) is 3.04. The van der Waals surface area contributed by atoms with Gasteiger partial charge in [0.05, 0.1) is 0 Å². The Kier molecular flexibility index (Phi) is 3.52. The SMILES string of the molecule is CC(Cl)C(=O)N(C1CCOCC1)C1CC1. The number of halogens is 1. The predicted molar refractivity (Wildman–Crippen MR) is 59.0 cm³/mol. The molecule has 0 aromatic rings. The number of carbonyl (C=O) groups excluding carboxylic acids is 1. The van der Waals surface area contributed by atoms with Gasteiger partial charge in [0, 0.05) is 25.3 Å². The maximum absolute atomic E-state index is 12.0. The molecule has 1 saturated heterocycles. The second-order valence-electron chi connectivity index (χ2n) is 4.44. The van der Waals surface area contributed by atoms with E-state index in [2.05, 4.69) is 0 Å². The average molecular weight is 232 g/mol. The van der Waals surface area contributed by atoms with E-state index in [1.807, 2.05) is 4.90 Å². The Hall–Kier alpha value is -0.280.